The van der Waals surface area contributed by atoms with E-state index in [2.05, 4.69) is 63.8 Å². The number of nitrogens with one attached hydrogen (secondary N) is 12. The molecule has 0 aromatic carbocycles. The summed E-state index contributed by atoms with van der Waals surface area (Å²) in [6.45, 7) is -0.815. The van der Waals surface area contributed by atoms with Crippen LogP contribution in [0.25, 0.3) is 0 Å². The Morgan fingerprint density at radius 2 is 0.451 bits per heavy atom. The molecule has 0 saturated carbocycles. The first-order chi connectivity index (χ1) is 33.5. The van der Waals surface area contributed by atoms with Gasteiger partial charge >= 0.3 is 0 Å². The molecule has 12 N–H and O–H groups in total. The van der Waals surface area contributed by atoms with Crippen molar-refractivity contribution in [2.45, 2.75) is 45.6 Å². The first-order valence-electron chi connectivity index (χ1n) is 22.5. The van der Waals surface area contributed by atoms with Crippen LogP contribution in [0.3, 0.4) is 0 Å². The molecule has 0 aromatic rings. The molecule has 0 heterocycles. The van der Waals surface area contributed by atoms with Crippen molar-refractivity contribution in [3.05, 3.63) is 0 Å². The first-order valence-corrected chi connectivity index (χ1v) is 22.5. The highest BCUT2D eigenvalue weighted by Gasteiger charge is 2.55. The summed E-state index contributed by atoms with van der Waals surface area (Å²) in [7, 11) is 13.4. The van der Waals surface area contributed by atoms with Gasteiger partial charge in [-0.3, -0.25) is 57.5 Å². The molecule has 0 aliphatic heterocycles. The fourth-order valence-electron chi connectivity index (χ4n) is 7.64. The van der Waals surface area contributed by atoms with E-state index in [1.54, 1.807) is 13.8 Å². The number of amides is 12. The van der Waals surface area contributed by atoms with E-state index in [9.17, 15) is 57.5 Å². The predicted octanol–water partition coefficient (Wildman–Crippen LogP) is -6.72. The zero-order chi connectivity index (χ0) is 54.8. The summed E-state index contributed by atoms with van der Waals surface area (Å²) >= 11 is 0. The van der Waals surface area contributed by atoms with E-state index in [-0.39, 0.29) is 0 Å². The summed E-state index contributed by atoms with van der Waals surface area (Å²) in [5, 5.41) is 28.1. The molecule has 404 valence electrons. The number of hydrogen-bond donors (Lipinski definition) is 12. The van der Waals surface area contributed by atoms with E-state index in [4.69, 9.17) is 18.9 Å². The van der Waals surface area contributed by atoms with Gasteiger partial charge in [0.1, 0.15) is 0 Å². The number of ether oxygens (including phenoxy) is 4. The monoisotopic (exact) mass is 1020 g/mol. The summed E-state index contributed by atoms with van der Waals surface area (Å²) in [5.41, 5.74) is -11.1. The zero-order valence-corrected chi connectivity index (χ0v) is 43.1. The van der Waals surface area contributed by atoms with Gasteiger partial charge in [0, 0.05) is 136 Å². The lowest BCUT2D eigenvalue weighted by atomic mass is 9.81. The highest BCUT2D eigenvalue weighted by atomic mass is 16.5. The Hall–Kier alpha value is -6.52. The van der Waals surface area contributed by atoms with Crippen molar-refractivity contribution in [3.63, 3.8) is 0 Å². The van der Waals surface area contributed by atoms with Crippen LogP contribution in [0.2, 0.25) is 0 Å². The fraction of sp³-hybridized carbons (Fsp3) is 0.721. The summed E-state index contributed by atoms with van der Waals surface area (Å²) < 4.78 is 24.4. The van der Waals surface area contributed by atoms with Crippen LogP contribution >= 0.6 is 0 Å². The maximum atomic E-state index is 13.7. The molecule has 0 aromatic heterocycles. The largest absolute Gasteiger partial charge is 0.381 e. The maximum Gasteiger partial charge on any atom is 0.245 e. The molecule has 28 heteroatoms. The second kappa shape index (κ2) is 30.3. The van der Waals surface area contributed by atoms with E-state index in [1.807, 2.05) is 0 Å². The van der Waals surface area contributed by atoms with Crippen LogP contribution in [0, 0.1) is 27.1 Å². The molecule has 28 nitrogen and oxygen atoms in total. The molecule has 0 unspecified atom stereocenters. The Kier molecular flexibility index (Phi) is 27.5. The standard InChI is InChI=1S/C43H76N12O16/c1-26(2)55-38(67)43(36(65)53-12,37(66)54-13)17-21-71-25-39(22-68-18-14-40(27(56)44-3,28(57)45-4)29(58)46-5,23-69-19-15-41(30(59)47-6,31(60)48-7)32(61)49-8)24-70-20-16-42(33(62)50-9,34(63)51-10)35(64)52-11/h26H,14-25H2,1-13H3,(H,44,56)(H,45,57)(H,46,58)(H,47,59)(H,48,60)(H,49,61)(H,50,62)(H,51,63)(H,52,64)(H,53,65)(H,54,66)(H,55,67). The van der Waals surface area contributed by atoms with Crippen LogP contribution in [-0.4, -0.2) is 207 Å². The van der Waals surface area contributed by atoms with Crippen molar-refractivity contribution >= 4 is 70.9 Å². The van der Waals surface area contributed by atoms with E-state index >= 15 is 0 Å². The Bertz CT molecular complexity index is 1620. The van der Waals surface area contributed by atoms with Gasteiger partial charge in [0.2, 0.25) is 92.5 Å². The van der Waals surface area contributed by atoms with Crippen LogP contribution < -0.4 is 63.8 Å². The molecule has 0 atom stereocenters. The summed E-state index contributed by atoms with van der Waals surface area (Å²) in [5.74, 6) is -11.7. The molecule has 0 rings (SSSR count). The minimum atomic E-state index is -2.37. The fourth-order valence-corrected chi connectivity index (χ4v) is 7.64. The van der Waals surface area contributed by atoms with Crippen LogP contribution in [0.5, 0.6) is 0 Å². The van der Waals surface area contributed by atoms with Gasteiger partial charge in [-0.2, -0.15) is 0 Å². The first kappa shape index (κ1) is 64.5. The van der Waals surface area contributed by atoms with Crippen molar-refractivity contribution in [2.24, 2.45) is 27.1 Å². The number of carbonyl (C=O) groups is 12. The Morgan fingerprint density at radius 1 is 0.296 bits per heavy atom. The van der Waals surface area contributed by atoms with E-state index < -0.39 is 183 Å². The van der Waals surface area contributed by atoms with Gasteiger partial charge in [-0.1, -0.05) is 0 Å². The summed E-state index contributed by atoms with van der Waals surface area (Å²) in [6.07, 6.45) is -2.18. The topological polar surface area (TPSA) is 386 Å². The van der Waals surface area contributed by atoms with Gasteiger partial charge in [0.25, 0.3) is 0 Å². The maximum absolute atomic E-state index is 13.7. The number of carbonyl (C=O) groups excluding carboxylic acids is 12. The molecule has 0 bridgehead atoms. The molecule has 0 fully saturated rings. The van der Waals surface area contributed by atoms with Crippen molar-refractivity contribution in [3.8, 4) is 0 Å². The van der Waals surface area contributed by atoms with Gasteiger partial charge in [-0.15, -0.1) is 0 Å². The average molecular weight is 1020 g/mol. The molecule has 0 spiro atoms. The lowest BCUT2D eigenvalue weighted by Crippen LogP contribution is -2.60. The predicted molar refractivity (Wildman–Crippen MR) is 252 cm³/mol. The van der Waals surface area contributed by atoms with Crippen LogP contribution in [-0.2, 0) is 76.5 Å². The smallest absolute Gasteiger partial charge is 0.245 e. The summed E-state index contributed by atoms with van der Waals surface area (Å²) in [6, 6.07) is -0.506. The number of hydrogen-bond acceptors (Lipinski definition) is 16. The van der Waals surface area contributed by atoms with Gasteiger partial charge in [0.15, 0.2) is 0 Å². The molecule has 12 amide bonds. The molecule has 0 aliphatic carbocycles. The molecule has 0 aliphatic rings. The van der Waals surface area contributed by atoms with Crippen molar-refractivity contribution in [1.29, 1.82) is 0 Å². The van der Waals surface area contributed by atoms with Gasteiger partial charge < -0.3 is 82.7 Å². The summed E-state index contributed by atoms with van der Waals surface area (Å²) in [4.78, 5) is 160. The molecule has 71 heavy (non-hydrogen) atoms. The normalized spacial score (nSPS) is 11.7. The lowest BCUT2D eigenvalue weighted by molar-refractivity contribution is -0.155. The Morgan fingerprint density at radius 3 is 0.592 bits per heavy atom. The van der Waals surface area contributed by atoms with Crippen molar-refractivity contribution < 1.29 is 76.5 Å². The second-order valence-electron chi connectivity index (χ2n) is 16.3. The third-order valence-corrected chi connectivity index (χ3v) is 11.7. The molecule has 0 saturated heterocycles. The van der Waals surface area contributed by atoms with E-state index in [0.29, 0.717) is 0 Å². The Labute approximate surface area is 413 Å². The second-order valence-corrected chi connectivity index (χ2v) is 16.3. The minimum Gasteiger partial charge on any atom is -0.381 e. The highest BCUT2D eigenvalue weighted by molar-refractivity contribution is 6.24. The minimum absolute atomic E-state index is 0.498. The van der Waals surface area contributed by atoms with Crippen LogP contribution in [0.4, 0.5) is 0 Å². The van der Waals surface area contributed by atoms with Gasteiger partial charge in [-0.05, 0) is 13.8 Å². The quantitative estimate of drug-likeness (QED) is 0.0215. The van der Waals surface area contributed by atoms with Crippen LogP contribution in [0.15, 0.2) is 0 Å². The van der Waals surface area contributed by atoms with Crippen molar-refractivity contribution in [2.75, 3.05) is 130 Å². The van der Waals surface area contributed by atoms with Crippen molar-refractivity contribution in [1.82, 2.24) is 63.8 Å². The SMILES string of the molecule is CNC(=O)C(CCOCC(COCCC(C(=O)NC)(C(=O)NC)C(=O)NC)(COCCC(C(=O)NC)(C(=O)NC)C(=O)NC)COCCC(C(=O)NC)(C(=O)NC)C(=O)NC(C)C)(C(=O)NC)C(=O)NC. The van der Waals surface area contributed by atoms with Gasteiger partial charge in [-0.25, -0.2) is 0 Å². The van der Waals surface area contributed by atoms with Gasteiger partial charge in [0.05, 0.1) is 31.8 Å². The zero-order valence-electron chi connectivity index (χ0n) is 43.1. The third-order valence-electron chi connectivity index (χ3n) is 11.7. The molecular weight excluding hydrogens is 941 g/mol. The Balaban J connectivity index is 7.81. The lowest BCUT2D eigenvalue weighted by Gasteiger charge is -2.35. The molecule has 0 radical (unpaired) electrons. The van der Waals surface area contributed by atoms with Crippen LogP contribution in [0.1, 0.15) is 39.5 Å². The average Bonchev–Trinajstić information content (AvgIpc) is 3.38. The van der Waals surface area contributed by atoms with E-state index in [1.165, 1.54) is 77.5 Å². The third kappa shape index (κ3) is 14.8. The van der Waals surface area contributed by atoms with E-state index in [0.717, 1.165) is 0 Å². The number of rotatable bonds is 33. The molecular formula is C43H76N12O16. The highest BCUT2D eigenvalue weighted by Crippen LogP contribution is 2.31.